The van der Waals surface area contributed by atoms with Crippen molar-refractivity contribution >= 4 is 28.6 Å². The number of carbonyl (C=O) groups is 1. The van der Waals surface area contributed by atoms with Gasteiger partial charge in [0.1, 0.15) is 5.65 Å². The minimum atomic E-state index is -1.22. The molecule has 0 amide bonds. The number of benzene rings is 2. The molecular formula is C30H30ClN3O3. The molecule has 0 saturated heterocycles. The van der Waals surface area contributed by atoms with Crippen molar-refractivity contribution in [2.24, 2.45) is 0 Å². The van der Waals surface area contributed by atoms with Crippen LogP contribution in [0.25, 0.3) is 22.2 Å². The number of pyridine rings is 1. The lowest BCUT2D eigenvalue weighted by Crippen LogP contribution is -2.28. The van der Waals surface area contributed by atoms with Gasteiger partial charge in [-0.05, 0) is 76.4 Å². The molecule has 0 fully saturated rings. The summed E-state index contributed by atoms with van der Waals surface area (Å²) in [5.41, 5.74) is 6.21. The van der Waals surface area contributed by atoms with E-state index in [0.717, 1.165) is 39.0 Å². The maximum atomic E-state index is 12.6. The predicted octanol–water partition coefficient (Wildman–Crippen LogP) is 7.14. The number of nitrogens with zero attached hydrogens (tertiary/aromatic N) is 3. The van der Waals surface area contributed by atoms with Crippen LogP contribution in [0.1, 0.15) is 60.5 Å². The van der Waals surface area contributed by atoms with E-state index in [-0.39, 0.29) is 0 Å². The number of fused-ring (bicyclic) bond motifs is 1. The molecule has 4 aromatic rings. The maximum Gasteiger partial charge on any atom is 0.337 e. The van der Waals surface area contributed by atoms with Gasteiger partial charge in [-0.25, -0.2) is 9.78 Å². The molecular weight excluding hydrogens is 486 g/mol. The summed E-state index contributed by atoms with van der Waals surface area (Å²) in [7, 11) is 0. The lowest BCUT2D eigenvalue weighted by Gasteiger charge is -2.28. The summed E-state index contributed by atoms with van der Waals surface area (Å²) in [6.07, 6.45) is -1.22. The molecule has 37 heavy (non-hydrogen) atoms. The molecule has 0 radical (unpaired) electrons. The maximum absolute atomic E-state index is 12.6. The fourth-order valence-corrected chi connectivity index (χ4v) is 4.88. The summed E-state index contributed by atoms with van der Waals surface area (Å²) in [6.45, 7) is 11.8. The average Bonchev–Trinajstić information content (AvgIpc) is 3.06. The second-order valence-corrected chi connectivity index (χ2v) is 10.6. The Hall–Kier alpha value is -3.66. The number of nitriles is 1. The van der Waals surface area contributed by atoms with Crippen LogP contribution in [0.5, 0.6) is 0 Å². The zero-order valence-electron chi connectivity index (χ0n) is 21.9. The normalized spacial score (nSPS) is 12.5. The van der Waals surface area contributed by atoms with Crippen LogP contribution in [-0.2, 0) is 16.1 Å². The first kappa shape index (κ1) is 26.4. The third-order valence-electron chi connectivity index (χ3n) is 6.54. The van der Waals surface area contributed by atoms with E-state index in [1.54, 1.807) is 18.2 Å². The molecule has 6 nitrogen and oxygen atoms in total. The molecule has 0 saturated carbocycles. The van der Waals surface area contributed by atoms with Gasteiger partial charge in [0.2, 0.25) is 0 Å². The van der Waals surface area contributed by atoms with Gasteiger partial charge in [-0.1, -0.05) is 41.9 Å². The largest absolute Gasteiger partial charge is 0.479 e. The molecule has 2 heterocycles. The van der Waals surface area contributed by atoms with Crippen molar-refractivity contribution < 1.29 is 14.6 Å². The van der Waals surface area contributed by atoms with Crippen LogP contribution in [0.2, 0.25) is 5.02 Å². The van der Waals surface area contributed by atoms with Gasteiger partial charge in [-0.15, -0.1) is 0 Å². The number of aryl methyl sites for hydroxylation is 2. The molecule has 190 valence electrons. The number of halogens is 1. The predicted molar refractivity (Wildman–Crippen MR) is 146 cm³/mol. The molecule has 0 aliphatic carbocycles. The Labute approximate surface area is 222 Å². The van der Waals surface area contributed by atoms with E-state index in [0.29, 0.717) is 28.4 Å². The minimum absolute atomic E-state index is 0.465. The summed E-state index contributed by atoms with van der Waals surface area (Å²) in [5.74, 6) is -1.08. The first-order chi connectivity index (χ1) is 17.4. The van der Waals surface area contributed by atoms with Gasteiger partial charge in [0, 0.05) is 32.9 Å². The van der Waals surface area contributed by atoms with Gasteiger partial charge in [0.15, 0.2) is 6.10 Å². The molecule has 0 spiro atoms. The Bertz CT molecular complexity index is 1540. The molecule has 2 aromatic heterocycles. The SMILES string of the molecule is Cc1nc2c(c(C)c(C)n2Cc2ccccc2C#N)c(-c2ccc(Cl)cc2)c1C(OC(C)(C)C)C(=O)O. The van der Waals surface area contributed by atoms with Crippen molar-refractivity contribution in [1.82, 2.24) is 9.55 Å². The van der Waals surface area contributed by atoms with Crippen LogP contribution < -0.4 is 0 Å². The molecule has 0 aliphatic rings. The molecule has 0 bridgehead atoms. The first-order valence-corrected chi connectivity index (χ1v) is 12.4. The zero-order chi connectivity index (χ0) is 27.1. The third kappa shape index (κ3) is 5.11. The molecule has 1 atom stereocenters. The highest BCUT2D eigenvalue weighted by Gasteiger charge is 2.33. The number of aliphatic carboxylic acids is 1. The lowest BCUT2D eigenvalue weighted by molar-refractivity contribution is -0.160. The van der Waals surface area contributed by atoms with E-state index in [1.165, 1.54) is 0 Å². The Balaban J connectivity index is 2.08. The second-order valence-electron chi connectivity index (χ2n) is 10.2. The van der Waals surface area contributed by atoms with E-state index < -0.39 is 17.7 Å². The van der Waals surface area contributed by atoms with Crippen molar-refractivity contribution in [3.63, 3.8) is 0 Å². The molecule has 1 N–H and O–H groups in total. The van der Waals surface area contributed by atoms with E-state index >= 15 is 0 Å². The topological polar surface area (TPSA) is 88.1 Å². The van der Waals surface area contributed by atoms with Crippen molar-refractivity contribution in [3.8, 4) is 17.2 Å². The second kappa shape index (κ2) is 10.0. The van der Waals surface area contributed by atoms with Crippen LogP contribution in [0, 0.1) is 32.1 Å². The molecule has 7 heteroatoms. The summed E-state index contributed by atoms with van der Waals surface area (Å²) >= 11 is 6.21. The summed E-state index contributed by atoms with van der Waals surface area (Å²) in [4.78, 5) is 17.5. The Morgan fingerprint density at radius 1 is 1.14 bits per heavy atom. The highest BCUT2D eigenvalue weighted by molar-refractivity contribution is 6.30. The highest BCUT2D eigenvalue weighted by atomic mass is 35.5. The van der Waals surface area contributed by atoms with Gasteiger partial charge >= 0.3 is 5.97 Å². The van der Waals surface area contributed by atoms with Crippen LogP contribution >= 0.6 is 11.6 Å². The van der Waals surface area contributed by atoms with Gasteiger partial charge in [-0.3, -0.25) is 0 Å². The first-order valence-electron chi connectivity index (χ1n) is 12.1. The Morgan fingerprint density at radius 3 is 2.38 bits per heavy atom. The molecule has 4 rings (SSSR count). The quantitative estimate of drug-likeness (QED) is 0.294. The van der Waals surface area contributed by atoms with Crippen LogP contribution in [0.4, 0.5) is 0 Å². The standard InChI is InChI=1S/C30H30ClN3O3/c1-17-19(3)34(16-22-10-8-7-9-21(22)15-32)28-24(17)26(20-11-13-23(31)14-12-20)25(18(2)33-28)27(29(35)36)37-30(4,5)6/h7-14,27H,16H2,1-6H3,(H,35,36). The minimum Gasteiger partial charge on any atom is -0.479 e. The zero-order valence-corrected chi connectivity index (χ0v) is 22.6. The van der Waals surface area contributed by atoms with Gasteiger partial charge in [-0.2, -0.15) is 5.26 Å². The number of ether oxygens (including phenoxy) is 1. The van der Waals surface area contributed by atoms with E-state index in [4.69, 9.17) is 21.3 Å². The number of rotatable bonds is 6. The van der Waals surface area contributed by atoms with E-state index in [2.05, 4.69) is 10.6 Å². The number of aromatic nitrogens is 2. The number of hydrogen-bond acceptors (Lipinski definition) is 4. The highest BCUT2D eigenvalue weighted by Crippen LogP contribution is 2.42. The molecule has 2 aromatic carbocycles. The van der Waals surface area contributed by atoms with E-state index in [1.807, 2.05) is 71.9 Å². The van der Waals surface area contributed by atoms with Crippen molar-refractivity contribution in [2.45, 2.75) is 59.8 Å². The molecule has 0 aliphatic heterocycles. The summed E-state index contributed by atoms with van der Waals surface area (Å²) in [6, 6.07) is 17.2. The Kier molecular flexibility index (Phi) is 7.14. The summed E-state index contributed by atoms with van der Waals surface area (Å²) in [5, 5.41) is 21.4. The van der Waals surface area contributed by atoms with Gasteiger partial charge < -0.3 is 14.4 Å². The smallest absolute Gasteiger partial charge is 0.337 e. The monoisotopic (exact) mass is 515 g/mol. The van der Waals surface area contributed by atoms with Crippen molar-refractivity contribution in [1.29, 1.82) is 5.26 Å². The third-order valence-corrected chi connectivity index (χ3v) is 6.79. The van der Waals surface area contributed by atoms with Crippen molar-refractivity contribution in [3.05, 3.63) is 87.2 Å². The fraction of sp³-hybridized carbons (Fsp3) is 0.300. The Morgan fingerprint density at radius 2 is 1.78 bits per heavy atom. The number of hydrogen-bond donors (Lipinski definition) is 1. The van der Waals surface area contributed by atoms with Gasteiger partial charge in [0.05, 0.1) is 23.8 Å². The van der Waals surface area contributed by atoms with Crippen molar-refractivity contribution in [2.75, 3.05) is 0 Å². The molecule has 1 unspecified atom stereocenters. The van der Waals surface area contributed by atoms with Crippen LogP contribution in [0.15, 0.2) is 48.5 Å². The number of carboxylic acid groups (broad SMARTS) is 1. The lowest BCUT2D eigenvalue weighted by atomic mass is 9.91. The summed E-state index contributed by atoms with van der Waals surface area (Å²) < 4.78 is 8.19. The average molecular weight is 516 g/mol. The van der Waals surface area contributed by atoms with Gasteiger partial charge in [0.25, 0.3) is 0 Å². The van der Waals surface area contributed by atoms with Crippen LogP contribution in [-0.4, -0.2) is 26.2 Å². The fourth-order valence-electron chi connectivity index (χ4n) is 4.75. The number of carboxylic acids is 1. The van der Waals surface area contributed by atoms with E-state index in [9.17, 15) is 15.2 Å². The van der Waals surface area contributed by atoms with Crippen LogP contribution in [0.3, 0.4) is 0 Å².